The summed E-state index contributed by atoms with van der Waals surface area (Å²) >= 11 is 0. The first-order chi connectivity index (χ1) is 16.2. The van der Waals surface area contributed by atoms with Gasteiger partial charge in [0.15, 0.2) is 6.61 Å². The Bertz CT molecular complexity index is 1230. The van der Waals surface area contributed by atoms with Crippen molar-refractivity contribution in [2.45, 2.75) is 44.3 Å². The topological polar surface area (TPSA) is 83.6 Å². The van der Waals surface area contributed by atoms with Crippen molar-refractivity contribution in [2.24, 2.45) is 5.73 Å². The van der Waals surface area contributed by atoms with Gasteiger partial charge in [-0.05, 0) is 48.6 Å². The van der Waals surface area contributed by atoms with E-state index in [1.807, 2.05) is 4.57 Å². The number of benzene rings is 2. The number of fused-ring (bicyclic) bond motifs is 3. The molecule has 4 rings (SSSR count). The Morgan fingerprint density at radius 2 is 1.88 bits per heavy atom. The maximum absolute atomic E-state index is 13.7. The number of primary amides is 1. The van der Waals surface area contributed by atoms with Gasteiger partial charge in [-0.15, -0.1) is 0 Å². The summed E-state index contributed by atoms with van der Waals surface area (Å²) in [4.78, 5) is 24.1. The minimum absolute atomic E-state index is 0.0343. The number of alkyl halides is 3. The molecule has 0 spiro atoms. The van der Waals surface area contributed by atoms with Gasteiger partial charge in [-0.2, -0.15) is 13.2 Å². The van der Waals surface area contributed by atoms with Gasteiger partial charge < -0.3 is 19.8 Å². The number of halogens is 3. The van der Waals surface area contributed by atoms with Crippen LogP contribution in [0.25, 0.3) is 10.9 Å². The van der Waals surface area contributed by atoms with Gasteiger partial charge in [0, 0.05) is 17.6 Å². The second-order valence-electron chi connectivity index (χ2n) is 8.32. The Kier molecular flexibility index (Phi) is 6.54. The molecule has 1 aliphatic rings. The molecule has 0 fully saturated rings. The molecule has 0 aliphatic heterocycles. The standard InChI is InChI=1S/C25H25F3N2O4/c1-33-21(31)14-34-20-12-6-11-19-23(20)22-16(24(29)32)8-3-5-10-18(22)30(19)13-15-7-2-4-9-17(15)25(26,27)28/h2,4,6-7,9,11-12,16H,3,5,8,10,13-14H2,1H3,(H2,29,32). The number of rotatable bonds is 6. The number of nitrogens with two attached hydrogens (primary N) is 1. The van der Waals surface area contributed by atoms with Crippen LogP contribution in [0.5, 0.6) is 5.75 Å². The minimum Gasteiger partial charge on any atom is -0.481 e. The highest BCUT2D eigenvalue weighted by Crippen LogP contribution is 2.43. The number of nitrogens with zero attached hydrogens (tertiary/aromatic N) is 1. The summed E-state index contributed by atoms with van der Waals surface area (Å²) in [5.41, 5.74) is 7.24. The third kappa shape index (κ3) is 4.47. The van der Waals surface area contributed by atoms with Crippen LogP contribution in [-0.2, 0) is 33.5 Å². The molecule has 1 aliphatic carbocycles. The highest BCUT2D eigenvalue weighted by Gasteiger charge is 2.35. The van der Waals surface area contributed by atoms with Gasteiger partial charge in [0.1, 0.15) is 5.75 Å². The van der Waals surface area contributed by atoms with Crippen LogP contribution in [0, 0.1) is 0 Å². The van der Waals surface area contributed by atoms with Gasteiger partial charge in [-0.1, -0.05) is 30.7 Å². The third-order valence-electron chi connectivity index (χ3n) is 6.27. The summed E-state index contributed by atoms with van der Waals surface area (Å²) in [5, 5.41) is 0.594. The van der Waals surface area contributed by atoms with Crippen LogP contribution in [0.4, 0.5) is 13.2 Å². The van der Waals surface area contributed by atoms with E-state index in [0.717, 1.165) is 24.6 Å². The predicted octanol–water partition coefficient (Wildman–Crippen LogP) is 4.56. The van der Waals surface area contributed by atoms with E-state index >= 15 is 0 Å². The molecule has 34 heavy (non-hydrogen) atoms. The molecule has 0 saturated heterocycles. The Balaban J connectivity index is 1.94. The molecule has 9 heteroatoms. The molecule has 1 amide bonds. The van der Waals surface area contributed by atoms with Gasteiger partial charge in [0.2, 0.25) is 5.91 Å². The van der Waals surface area contributed by atoms with Gasteiger partial charge in [0.25, 0.3) is 0 Å². The molecule has 0 radical (unpaired) electrons. The minimum atomic E-state index is -4.50. The summed E-state index contributed by atoms with van der Waals surface area (Å²) in [6.45, 7) is -0.374. The van der Waals surface area contributed by atoms with E-state index in [-0.39, 0.29) is 18.7 Å². The molecule has 1 atom stereocenters. The van der Waals surface area contributed by atoms with Crippen molar-refractivity contribution in [2.75, 3.05) is 13.7 Å². The van der Waals surface area contributed by atoms with E-state index in [0.29, 0.717) is 35.1 Å². The van der Waals surface area contributed by atoms with Crippen molar-refractivity contribution >= 4 is 22.8 Å². The fourth-order valence-electron chi connectivity index (χ4n) is 4.77. The molecule has 1 heterocycles. The lowest BCUT2D eigenvalue weighted by Crippen LogP contribution is -2.22. The van der Waals surface area contributed by atoms with E-state index in [1.54, 1.807) is 24.3 Å². The largest absolute Gasteiger partial charge is 0.481 e. The van der Waals surface area contributed by atoms with E-state index in [4.69, 9.17) is 10.5 Å². The van der Waals surface area contributed by atoms with Gasteiger partial charge >= 0.3 is 12.1 Å². The van der Waals surface area contributed by atoms with Crippen molar-refractivity contribution in [1.29, 1.82) is 0 Å². The fraction of sp³-hybridized carbons (Fsp3) is 0.360. The monoisotopic (exact) mass is 474 g/mol. The van der Waals surface area contributed by atoms with Crippen molar-refractivity contribution in [1.82, 2.24) is 4.57 Å². The first-order valence-electron chi connectivity index (χ1n) is 11.0. The van der Waals surface area contributed by atoms with Gasteiger partial charge in [-0.25, -0.2) is 4.79 Å². The second-order valence-corrected chi connectivity index (χ2v) is 8.32. The number of esters is 1. The molecule has 0 saturated carbocycles. The average Bonchev–Trinajstić information content (AvgIpc) is 2.95. The fourth-order valence-corrected chi connectivity index (χ4v) is 4.77. The molecular formula is C25H25F3N2O4. The van der Waals surface area contributed by atoms with Crippen LogP contribution >= 0.6 is 0 Å². The van der Waals surface area contributed by atoms with Crippen LogP contribution in [0.3, 0.4) is 0 Å². The smallest absolute Gasteiger partial charge is 0.416 e. The summed E-state index contributed by atoms with van der Waals surface area (Å²) in [7, 11) is 1.25. The van der Waals surface area contributed by atoms with E-state index in [1.165, 1.54) is 19.2 Å². The van der Waals surface area contributed by atoms with E-state index in [9.17, 15) is 22.8 Å². The zero-order valence-electron chi connectivity index (χ0n) is 18.7. The predicted molar refractivity (Wildman–Crippen MR) is 119 cm³/mol. The maximum atomic E-state index is 13.7. The number of aromatic nitrogens is 1. The number of carbonyl (C=O) groups excluding carboxylic acids is 2. The van der Waals surface area contributed by atoms with Crippen molar-refractivity contribution in [3.05, 3.63) is 64.8 Å². The molecule has 6 nitrogen and oxygen atoms in total. The lowest BCUT2D eigenvalue weighted by molar-refractivity contribution is -0.143. The average molecular weight is 474 g/mol. The number of hydrogen-bond donors (Lipinski definition) is 1. The zero-order chi connectivity index (χ0) is 24.5. The van der Waals surface area contributed by atoms with E-state index < -0.39 is 29.5 Å². The summed E-state index contributed by atoms with van der Waals surface area (Å²) in [5.74, 6) is -1.33. The highest BCUT2D eigenvalue weighted by molar-refractivity contribution is 5.97. The third-order valence-corrected chi connectivity index (χ3v) is 6.27. The maximum Gasteiger partial charge on any atom is 0.416 e. The van der Waals surface area contributed by atoms with Gasteiger partial charge in [-0.3, -0.25) is 4.79 Å². The van der Waals surface area contributed by atoms with Crippen molar-refractivity contribution in [3.8, 4) is 5.75 Å². The summed E-state index contributed by atoms with van der Waals surface area (Å²) in [6, 6.07) is 10.6. The highest BCUT2D eigenvalue weighted by atomic mass is 19.4. The van der Waals surface area contributed by atoms with Gasteiger partial charge in [0.05, 0.1) is 24.1 Å². The number of methoxy groups -OCH3 is 1. The molecular weight excluding hydrogens is 449 g/mol. The Morgan fingerprint density at radius 3 is 2.59 bits per heavy atom. The molecule has 2 aromatic carbocycles. The van der Waals surface area contributed by atoms with Crippen molar-refractivity contribution in [3.63, 3.8) is 0 Å². The van der Waals surface area contributed by atoms with Crippen LogP contribution < -0.4 is 10.5 Å². The van der Waals surface area contributed by atoms with Crippen LogP contribution in [0.2, 0.25) is 0 Å². The van der Waals surface area contributed by atoms with Crippen molar-refractivity contribution < 1.29 is 32.2 Å². The molecule has 0 bridgehead atoms. The van der Waals surface area contributed by atoms with E-state index in [2.05, 4.69) is 4.74 Å². The first-order valence-corrected chi connectivity index (χ1v) is 11.0. The molecule has 3 aromatic rings. The Morgan fingerprint density at radius 1 is 1.12 bits per heavy atom. The quantitative estimate of drug-likeness (QED) is 0.420. The normalized spacial score (nSPS) is 16.1. The number of amides is 1. The number of hydrogen-bond acceptors (Lipinski definition) is 4. The number of carbonyl (C=O) groups is 2. The molecule has 2 N–H and O–H groups in total. The number of ether oxygens (including phenoxy) is 2. The summed E-state index contributed by atoms with van der Waals surface area (Å²) in [6.07, 6.45) is -1.86. The molecule has 1 aromatic heterocycles. The Labute approximate surface area is 194 Å². The molecule has 1 unspecified atom stereocenters. The lowest BCUT2D eigenvalue weighted by Gasteiger charge is -2.16. The second kappa shape index (κ2) is 9.40. The first kappa shape index (κ1) is 23.7. The van der Waals surface area contributed by atoms with Crippen LogP contribution in [0.15, 0.2) is 42.5 Å². The Hall–Kier alpha value is -3.49. The lowest BCUT2D eigenvalue weighted by atomic mass is 9.92. The molecule has 180 valence electrons. The van der Waals surface area contributed by atoms with Crippen LogP contribution in [-0.4, -0.2) is 30.2 Å². The SMILES string of the molecule is COC(=O)COc1cccc2c1c1c(n2Cc2ccccc2C(F)(F)F)CCCCC1C(N)=O. The zero-order valence-corrected chi connectivity index (χ0v) is 18.7. The van der Waals surface area contributed by atoms with Crippen LogP contribution in [0.1, 0.15) is 47.6 Å². The summed E-state index contributed by atoms with van der Waals surface area (Å²) < 4.78 is 53.3.